The monoisotopic (exact) mass is 264 g/mol. The first-order chi connectivity index (χ1) is 9.05. The van der Waals surface area contributed by atoms with Gasteiger partial charge in [-0.25, -0.2) is 0 Å². The summed E-state index contributed by atoms with van der Waals surface area (Å²) in [4.78, 5) is 12.1. The highest BCUT2D eigenvalue weighted by atomic mass is 16.5. The summed E-state index contributed by atoms with van der Waals surface area (Å²) in [6, 6.07) is 7.50. The number of carbonyl (C=O) groups excluding carboxylic acids is 1. The normalized spacial score (nSPS) is 23.9. The van der Waals surface area contributed by atoms with Gasteiger partial charge < -0.3 is 20.5 Å². The quantitative estimate of drug-likeness (QED) is 0.850. The number of rotatable bonds is 4. The van der Waals surface area contributed by atoms with Gasteiger partial charge in [0.2, 0.25) is 5.91 Å². The predicted molar refractivity (Wildman–Crippen MR) is 71.9 cm³/mol. The number of carbonyl (C=O) groups is 1. The third kappa shape index (κ3) is 3.05. The Hall–Kier alpha value is -1.59. The van der Waals surface area contributed by atoms with Gasteiger partial charge in [-0.05, 0) is 31.0 Å². The molecule has 1 saturated heterocycles. The highest BCUT2D eigenvalue weighted by molar-refractivity contribution is 5.86. The number of amides is 1. The maximum Gasteiger partial charge on any atom is 0.243 e. The molecule has 104 valence electrons. The molecule has 5 nitrogen and oxygen atoms in total. The van der Waals surface area contributed by atoms with Gasteiger partial charge in [0.1, 0.15) is 11.3 Å². The van der Waals surface area contributed by atoms with Crippen LogP contribution in [0.4, 0.5) is 0 Å². The molecule has 1 aromatic carbocycles. The number of hydrogen-bond acceptors (Lipinski definition) is 4. The van der Waals surface area contributed by atoms with Gasteiger partial charge >= 0.3 is 0 Å². The van der Waals surface area contributed by atoms with Crippen LogP contribution in [0.1, 0.15) is 24.9 Å². The third-order valence-electron chi connectivity index (χ3n) is 3.47. The molecule has 2 rings (SSSR count). The predicted octanol–water partition coefficient (Wildman–Crippen LogP) is 0.990. The largest absolute Gasteiger partial charge is 0.497 e. The van der Waals surface area contributed by atoms with E-state index in [2.05, 4.69) is 5.32 Å². The second-order valence-electron chi connectivity index (χ2n) is 4.93. The van der Waals surface area contributed by atoms with Crippen molar-refractivity contribution in [3.8, 4) is 5.75 Å². The van der Waals surface area contributed by atoms with Crippen molar-refractivity contribution < 1.29 is 14.3 Å². The molecule has 2 atom stereocenters. The topological polar surface area (TPSA) is 73.6 Å². The van der Waals surface area contributed by atoms with Gasteiger partial charge in [-0.3, -0.25) is 4.79 Å². The Morgan fingerprint density at radius 3 is 2.68 bits per heavy atom. The van der Waals surface area contributed by atoms with E-state index in [4.69, 9.17) is 15.2 Å². The maximum atomic E-state index is 12.1. The van der Waals surface area contributed by atoms with E-state index in [1.54, 1.807) is 7.11 Å². The molecule has 1 aliphatic heterocycles. The van der Waals surface area contributed by atoms with Gasteiger partial charge in [0, 0.05) is 6.61 Å². The molecule has 1 aliphatic rings. The lowest BCUT2D eigenvalue weighted by Crippen LogP contribution is -2.54. The van der Waals surface area contributed by atoms with Crippen molar-refractivity contribution in [3.63, 3.8) is 0 Å². The summed E-state index contributed by atoms with van der Waals surface area (Å²) in [5.74, 6) is 0.634. The van der Waals surface area contributed by atoms with Crippen molar-refractivity contribution in [1.82, 2.24) is 5.32 Å². The molecule has 0 aromatic heterocycles. The van der Waals surface area contributed by atoms with Crippen LogP contribution in [0.15, 0.2) is 24.3 Å². The Balaban J connectivity index is 1.99. The van der Waals surface area contributed by atoms with E-state index >= 15 is 0 Å². The first-order valence-corrected chi connectivity index (χ1v) is 6.37. The van der Waals surface area contributed by atoms with Gasteiger partial charge in [-0.15, -0.1) is 0 Å². The maximum absolute atomic E-state index is 12.1. The van der Waals surface area contributed by atoms with Crippen molar-refractivity contribution in [3.05, 3.63) is 29.8 Å². The van der Waals surface area contributed by atoms with E-state index < -0.39 is 5.54 Å². The Bertz CT molecular complexity index is 439. The Labute approximate surface area is 113 Å². The molecule has 1 fully saturated rings. The Morgan fingerprint density at radius 2 is 2.16 bits per heavy atom. The van der Waals surface area contributed by atoms with E-state index in [0.29, 0.717) is 13.0 Å². The number of ether oxygens (including phenoxy) is 2. The Kier molecular flexibility index (Phi) is 4.07. The molecule has 0 bridgehead atoms. The van der Waals surface area contributed by atoms with E-state index in [9.17, 15) is 4.79 Å². The second-order valence-corrected chi connectivity index (χ2v) is 4.93. The van der Waals surface area contributed by atoms with Crippen LogP contribution in [-0.4, -0.2) is 31.8 Å². The molecule has 0 saturated carbocycles. The zero-order valence-corrected chi connectivity index (χ0v) is 11.3. The molecular weight excluding hydrogens is 244 g/mol. The van der Waals surface area contributed by atoms with E-state index in [1.807, 2.05) is 31.2 Å². The van der Waals surface area contributed by atoms with Crippen molar-refractivity contribution in [2.75, 3.05) is 20.3 Å². The van der Waals surface area contributed by atoms with E-state index in [-0.39, 0.29) is 18.6 Å². The zero-order chi connectivity index (χ0) is 13.9. The molecule has 1 heterocycles. The summed E-state index contributed by atoms with van der Waals surface area (Å²) in [7, 11) is 1.62. The third-order valence-corrected chi connectivity index (χ3v) is 3.47. The van der Waals surface area contributed by atoms with Crippen molar-refractivity contribution in [1.29, 1.82) is 0 Å². The molecular formula is C14H20N2O3. The van der Waals surface area contributed by atoms with Crippen LogP contribution in [0.5, 0.6) is 5.75 Å². The minimum absolute atomic E-state index is 0.0977. The fourth-order valence-corrected chi connectivity index (χ4v) is 2.08. The number of benzene rings is 1. The lowest BCUT2D eigenvalue weighted by molar-refractivity contribution is -0.127. The molecule has 0 spiro atoms. The SMILES string of the molecule is COc1ccc([C@@H](C)NC(=O)C2(N)CCOC2)cc1. The summed E-state index contributed by atoms with van der Waals surface area (Å²) in [5.41, 5.74) is 6.14. The van der Waals surface area contributed by atoms with Crippen LogP contribution in [0.25, 0.3) is 0 Å². The lowest BCUT2D eigenvalue weighted by atomic mass is 9.98. The minimum atomic E-state index is -0.888. The summed E-state index contributed by atoms with van der Waals surface area (Å²) < 4.78 is 10.3. The molecule has 1 unspecified atom stereocenters. The van der Waals surface area contributed by atoms with Crippen LogP contribution in [0.3, 0.4) is 0 Å². The fourth-order valence-electron chi connectivity index (χ4n) is 2.08. The second kappa shape index (κ2) is 5.59. The molecule has 1 aromatic rings. The van der Waals surface area contributed by atoms with E-state index in [1.165, 1.54) is 0 Å². The fraction of sp³-hybridized carbons (Fsp3) is 0.500. The molecule has 0 radical (unpaired) electrons. The highest BCUT2D eigenvalue weighted by Crippen LogP contribution is 2.20. The number of hydrogen-bond donors (Lipinski definition) is 2. The average molecular weight is 264 g/mol. The van der Waals surface area contributed by atoms with Gasteiger partial charge in [-0.1, -0.05) is 12.1 Å². The van der Waals surface area contributed by atoms with E-state index in [0.717, 1.165) is 11.3 Å². The van der Waals surface area contributed by atoms with Gasteiger partial charge in [-0.2, -0.15) is 0 Å². The average Bonchev–Trinajstić information content (AvgIpc) is 2.87. The summed E-state index contributed by atoms with van der Waals surface area (Å²) in [6.45, 7) is 2.76. The van der Waals surface area contributed by atoms with Crippen molar-refractivity contribution >= 4 is 5.91 Å². The van der Waals surface area contributed by atoms with Crippen molar-refractivity contribution in [2.45, 2.75) is 24.9 Å². The van der Waals surface area contributed by atoms with Crippen LogP contribution in [-0.2, 0) is 9.53 Å². The highest BCUT2D eigenvalue weighted by Gasteiger charge is 2.38. The van der Waals surface area contributed by atoms with Crippen molar-refractivity contribution in [2.24, 2.45) is 5.73 Å². The molecule has 0 aliphatic carbocycles. The van der Waals surface area contributed by atoms with Crippen LogP contribution < -0.4 is 15.8 Å². The first kappa shape index (κ1) is 13.8. The first-order valence-electron chi connectivity index (χ1n) is 6.37. The number of nitrogens with one attached hydrogen (secondary N) is 1. The molecule has 1 amide bonds. The Morgan fingerprint density at radius 1 is 1.47 bits per heavy atom. The molecule has 19 heavy (non-hydrogen) atoms. The smallest absolute Gasteiger partial charge is 0.243 e. The summed E-state index contributed by atoms with van der Waals surface area (Å²) in [6.07, 6.45) is 0.564. The van der Waals surface area contributed by atoms with Crippen LogP contribution in [0.2, 0.25) is 0 Å². The zero-order valence-electron chi connectivity index (χ0n) is 11.3. The number of methoxy groups -OCH3 is 1. The standard InChI is InChI=1S/C14H20N2O3/c1-10(11-3-5-12(18-2)6-4-11)16-13(17)14(15)7-8-19-9-14/h3-6,10H,7-9,15H2,1-2H3,(H,16,17)/t10-,14?/m1/s1. The van der Waals surface area contributed by atoms with Gasteiger partial charge in [0.25, 0.3) is 0 Å². The van der Waals surface area contributed by atoms with Crippen LogP contribution in [0, 0.1) is 0 Å². The van der Waals surface area contributed by atoms with Gasteiger partial charge in [0.05, 0.1) is 19.8 Å². The molecule has 3 N–H and O–H groups in total. The number of nitrogens with two attached hydrogens (primary N) is 1. The molecule has 5 heteroatoms. The lowest BCUT2D eigenvalue weighted by Gasteiger charge is -2.24. The summed E-state index contributed by atoms with van der Waals surface area (Å²) >= 11 is 0. The van der Waals surface area contributed by atoms with Gasteiger partial charge in [0.15, 0.2) is 0 Å². The minimum Gasteiger partial charge on any atom is -0.497 e. The van der Waals surface area contributed by atoms with Crippen LogP contribution >= 0.6 is 0 Å². The summed E-state index contributed by atoms with van der Waals surface area (Å²) in [5, 5.41) is 2.93.